The van der Waals surface area contributed by atoms with Crippen molar-refractivity contribution in [3.63, 3.8) is 0 Å². The third-order valence-corrected chi connectivity index (χ3v) is 6.58. The van der Waals surface area contributed by atoms with Crippen molar-refractivity contribution < 1.29 is 42.6 Å². The lowest BCUT2D eigenvalue weighted by Crippen LogP contribution is -2.14. The predicted molar refractivity (Wildman–Crippen MR) is 171 cm³/mol. The van der Waals surface area contributed by atoms with Gasteiger partial charge in [-0.05, 0) is 48.5 Å². The van der Waals surface area contributed by atoms with Crippen LogP contribution in [0.5, 0.6) is 23.0 Å². The quantitative estimate of drug-likeness (QED) is 0.273. The first-order valence-corrected chi connectivity index (χ1v) is 15.6. The van der Waals surface area contributed by atoms with Gasteiger partial charge in [0.05, 0.1) is 90.9 Å². The Balaban J connectivity index is 1.06. The van der Waals surface area contributed by atoms with Gasteiger partial charge in [0, 0.05) is 11.1 Å². The SMILES string of the molecule is c1nc2ncc1OCCOCCOCCOCCOc1cnc(nc1)-c1ccc(cc1)OCCOCCOCCOc1ccc-2cc1. The number of rotatable bonds is 0. The van der Waals surface area contributed by atoms with E-state index in [-0.39, 0.29) is 0 Å². The molecule has 250 valence electrons. The second-order valence-electron chi connectivity index (χ2n) is 9.99. The van der Waals surface area contributed by atoms with E-state index in [0.717, 1.165) is 22.6 Å². The summed E-state index contributed by atoms with van der Waals surface area (Å²) in [5.41, 5.74) is 1.75. The molecule has 8 aliphatic rings. The van der Waals surface area contributed by atoms with E-state index in [2.05, 4.69) is 19.9 Å². The Morgan fingerprint density at radius 3 is 0.851 bits per heavy atom. The maximum Gasteiger partial charge on any atom is 0.159 e. The summed E-state index contributed by atoms with van der Waals surface area (Å²) in [5, 5.41) is 0. The van der Waals surface area contributed by atoms with E-state index in [4.69, 9.17) is 42.6 Å². The minimum absolute atomic E-state index is 0.379. The molecule has 0 unspecified atom stereocenters. The molecule has 8 bridgehead atoms. The number of nitrogens with zero attached hydrogens (tertiary/aromatic N) is 4. The van der Waals surface area contributed by atoms with Crippen LogP contribution < -0.4 is 18.9 Å². The van der Waals surface area contributed by atoms with Gasteiger partial charge in [-0.25, -0.2) is 19.9 Å². The summed E-state index contributed by atoms with van der Waals surface area (Å²) < 4.78 is 50.8. The van der Waals surface area contributed by atoms with Crippen molar-refractivity contribution in [2.24, 2.45) is 0 Å². The lowest BCUT2D eigenvalue weighted by atomic mass is 10.2. The Bertz CT molecular complexity index is 1300. The van der Waals surface area contributed by atoms with Gasteiger partial charge in [0.15, 0.2) is 23.1 Å². The minimum Gasteiger partial charge on any atom is -0.491 e. The van der Waals surface area contributed by atoms with Gasteiger partial charge in [-0.3, -0.25) is 0 Å². The van der Waals surface area contributed by atoms with Crippen LogP contribution >= 0.6 is 0 Å². The van der Waals surface area contributed by atoms with Crippen LogP contribution in [0.1, 0.15) is 0 Å². The number of benzene rings is 2. The Hall–Kier alpha value is -4.40. The summed E-state index contributed by atoms with van der Waals surface area (Å²) in [7, 11) is 0. The molecule has 0 N–H and O–H groups in total. The smallest absolute Gasteiger partial charge is 0.159 e. The van der Waals surface area contributed by atoms with Crippen LogP contribution in [0.4, 0.5) is 0 Å². The molecular formula is C34H40N4O9. The molecule has 2 aromatic heterocycles. The van der Waals surface area contributed by atoms with Crippen molar-refractivity contribution in [2.75, 3.05) is 92.5 Å². The zero-order chi connectivity index (χ0) is 32.2. The summed E-state index contributed by atoms with van der Waals surface area (Å²) in [6.45, 7) is 6.12. The summed E-state index contributed by atoms with van der Waals surface area (Å²) in [6.07, 6.45) is 6.59. The molecule has 0 fully saturated rings. The fourth-order valence-electron chi connectivity index (χ4n) is 4.22. The fourth-order valence-corrected chi connectivity index (χ4v) is 4.22. The van der Waals surface area contributed by atoms with Gasteiger partial charge in [-0.15, -0.1) is 0 Å². The second kappa shape index (κ2) is 20.0. The lowest BCUT2D eigenvalue weighted by molar-refractivity contribution is 0.00493. The number of ether oxygens (including phenoxy) is 9. The molecule has 0 amide bonds. The van der Waals surface area contributed by atoms with Crippen LogP contribution in [0.15, 0.2) is 73.3 Å². The molecule has 13 nitrogen and oxygen atoms in total. The molecule has 47 heavy (non-hydrogen) atoms. The Morgan fingerprint density at radius 1 is 0.298 bits per heavy atom. The molecule has 0 atom stereocenters. The monoisotopic (exact) mass is 648 g/mol. The Morgan fingerprint density at radius 2 is 0.553 bits per heavy atom. The zero-order valence-electron chi connectivity index (χ0n) is 26.3. The Kier molecular flexibility index (Phi) is 14.4. The van der Waals surface area contributed by atoms with Gasteiger partial charge in [0.25, 0.3) is 0 Å². The summed E-state index contributed by atoms with van der Waals surface area (Å²) >= 11 is 0. The predicted octanol–water partition coefficient (Wildman–Crippen LogP) is 3.91. The highest BCUT2D eigenvalue weighted by Gasteiger charge is 2.06. The van der Waals surface area contributed by atoms with Crippen LogP contribution in [0.25, 0.3) is 22.8 Å². The maximum atomic E-state index is 5.77. The molecule has 4 aromatic rings. The van der Waals surface area contributed by atoms with E-state index in [1.54, 1.807) is 24.8 Å². The normalized spacial score (nSPS) is 16.9. The van der Waals surface area contributed by atoms with Crippen molar-refractivity contribution >= 4 is 0 Å². The molecule has 0 saturated heterocycles. The summed E-state index contributed by atoms with van der Waals surface area (Å²) in [5.74, 6) is 3.81. The molecule has 0 radical (unpaired) electrons. The van der Waals surface area contributed by atoms with E-state index in [1.807, 2.05) is 48.5 Å². The van der Waals surface area contributed by atoms with E-state index in [0.29, 0.717) is 116 Å². The molecule has 0 saturated carbocycles. The lowest BCUT2D eigenvalue weighted by Gasteiger charge is -2.10. The van der Waals surface area contributed by atoms with Crippen molar-refractivity contribution in [3.8, 4) is 45.8 Å². The van der Waals surface area contributed by atoms with E-state index in [9.17, 15) is 0 Å². The molecule has 13 heteroatoms. The van der Waals surface area contributed by atoms with Crippen molar-refractivity contribution in [3.05, 3.63) is 73.3 Å². The highest BCUT2D eigenvalue weighted by Crippen LogP contribution is 2.21. The molecule has 8 aliphatic heterocycles. The van der Waals surface area contributed by atoms with Crippen LogP contribution in [-0.4, -0.2) is 112 Å². The minimum atomic E-state index is 0.379. The standard InChI is InChI=1S/C34H40N4O9/c1-5-29-6-2-27(1)33-35-23-31(24-36-33)46-21-17-42-11-9-39-10-12-43-18-22-47-32-25-37-34(38-26-32)28-3-7-30(8-4-28)45-20-16-41-14-13-40-15-19-44-29/h1-8,23-26H,9-22H2. The van der Waals surface area contributed by atoms with E-state index in [1.165, 1.54) is 0 Å². The zero-order valence-corrected chi connectivity index (χ0v) is 26.3. The second-order valence-corrected chi connectivity index (χ2v) is 9.99. The van der Waals surface area contributed by atoms with E-state index < -0.39 is 0 Å². The van der Waals surface area contributed by atoms with Gasteiger partial charge in [-0.2, -0.15) is 0 Å². The average Bonchev–Trinajstić information content (AvgIpc) is 3.12. The van der Waals surface area contributed by atoms with Gasteiger partial charge < -0.3 is 42.6 Å². The van der Waals surface area contributed by atoms with Gasteiger partial charge >= 0.3 is 0 Å². The first-order chi connectivity index (χ1) is 23.3. The highest BCUT2D eigenvalue weighted by molar-refractivity contribution is 5.57. The molecule has 2 aromatic carbocycles. The van der Waals surface area contributed by atoms with Crippen LogP contribution in [0.3, 0.4) is 0 Å². The third-order valence-electron chi connectivity index (χ3n) is 6.58. The molecule has 0 aliphatic carbocycles. The Labute approximate surface area is 274 Å². The van der Waals surface area contributed by atoms with Crippen LogP contribution in [-0.2, 0) is 23.7 Å². The fraction of sp³-hybridized carbons (Fsp3) is 0.412. The third kappa shape index (κ3) is 12.4. The van der Waals surface area contributed by atoms with Crippen LogP contribution in [0, 0.1) is 0 Å². The van der Waals surface area contributed by atoms with Gasteiger partial charge in [-0.1, -0.05) is 0 Å². The molecule has 12 rings (SSSR count). The number of hydrogen-bond acceptors (Lipinski definition) is 13. The average molecular weight is 649 g/mol. The number of hydrogen-bond donors (Lipinski definition) is 0. The van der Waals surface area contributed by atoms with Crippen molar-refractivity contribution in [2.45, 2.75) is 0 Å². The molecule has 10 heterocycles. The van der Waals surface area contributed by atoms with Gasteiger partial charge in [0.2, 0.25) is 0 Å². The largest absolute Gasteiger partial charge is 0.491 e. The molecular weight excluding hydrogens is 608 g/mol. The molecule has 0 spiro atoms. The number of aromatic nitrogens is 4. The first-order valence-electron chi connectivity index (χ1n) is 15.6. The maximum absolute atomic E-state index is 5.77. The topological polar surface area (TPSA) is 135 Å². The summed E-state index contributed by atoms with van der Waals surface area (Å²) in [6, 6.07) is 15.2. The summed E-state index contributed by atoms with van der Waals surface area (Å²) in [4.78, 5) is 17.6. The van der Waals surface area contributed by atoms with E-state index >= 15 is 0 Å². The van der Waals surface area contributed by atoms with Crippen molar-refractivity contribution in [1.82, 2.24) is 19.9 Å². The first kappa shape index (κ1) is 33.9. The van der Waals surface area contributed by atoms with Gasteiger partial charge in [0.1, 0.15) is 37.9 Å². The highest BCUT2D eigenvalue weighted by atomic mass is 16.6. The van der Waals surface area contributed by atoms with Crippen LogP contribution in [0.2, 0.25) is 0 Å². The van der Waals surface area contributed by atoms with Crippen molar-refractivity contribution in [1.29, 1.82) is 0 Å².